The molecule has 13 heteroatoms. The average molecular weight is 706 g/mol. The summed E-state index contributed by atoms with van der Waals surface area (Å²) in [6.07, 6.45) is 11.2. The van der Waals surface area contributed by atoms with E-state index in [1.807, 2.05) is 40.5 Å². The number of hydrogen-bond donors (Lipinski definition) is 3. The number of allylic oxidation sites excluding steroid dienone is 1. The molecule has 268 valence electrons. The van der Waals surface area contributed by atoms with Crippen molar-refractivity contribution in [1.82, 2.24) is 24.6 Å². The Kier molecular flexibility index (Phi) is 11.1. The summed E-state index contributed by atoms with van der Waals surface area (Å²) in [4.78, 5) is 48.8. The molecule has 4 heterocycles. The molecule has 6 rings (SSSR count). The summed E-state index contributed by atoms with van der Waals surface area (Å²) in [6, 6.07) is 9.95. The van der Waals surface area contributed by atoms with Crippen molar-refractivity contribution in [2.45, 2.75) is 51.5 Å². The molecule has 1 fully saturated rings. The lowest BCUT2D eigenvalue weighted by atomic mass is 9.88. The minimum Gasteiger partial charge on any atom is -0.480 e. The number of likely N-dealkylation sites (tertiary alicyclic amines) is 1. The second-order valence-corrected chi connectivity index (χ2v) is 13.0. The molecule has 1 amide bonds. The molecule has 3 N–H and O–H groups in total. The van der Waals surface area contributed by atoms with Crippen LogP contribution in [-0.4, -0.2) is 74.3 Å². The van der Waals surface area contributed by atoms with Gasteiger partial charge in [-0.15, -0.1) is 6.58 Å². The SMILES string of the molecule is C=CCc1c(-c2cnc3c(Nc4ccc(C(=O)CC5CCN(C(=O)C6=CC[C@H](C(=O)O)NCC6)CC5)c(C)c4)nccn23)ccc(OCC#N)c1F. The van der Waals surface area contributed by atoms with Crippen molar-refractivity contribution in [3.63, 3.8) is 0 Å². The van der Waals surface area contributed by atoms with Crippen molar-refractivity contribution in [3.8, 4) is 23.1 Å². The van der Waals surface area contributed by atoms with Crippen molar-refractivity contribution < 1.29 is 28.6 Å². The topological polar surface area (TPSA) is 162 Å². The molecule has 2 aliphatic heterocycles. The van der Waals surface area contributed by atoms with Gasteiger partial charge in [0.05, 0.1) is 11.9 Å². The van der Waals surface area contributed by atoms with Crippen LogP contribution in [0.4, 0.5) is 15.9 Å². The largest absolute Gasteiger partial charge is 0.480 e. The lowest BCUT2D eigenvalue weighted by molar-refractivity contribution is -0.139. The summed E-state index contributed by atoms with van der Waals surface area (Å²) in [6.45, 7) is 6.96. The van der Waals surface area contributed by atoms with E-state index in [2.05, 4.69) is 27.2 Å². The van der Waals surface area contributed by atoms with E-state index in [4.69, 9.17) is 10.00 Å². The number of anilines is 2. The lowest BCUT2D eigenvalue weighted by Crippen LogP contribution is -2.40. The van der Waals surface area contributed by atoms with Crippen LogP contribution in [0.1, 0.15) is 53.6 Å². The number of rotatable bonds is 12. The van der Waals surface area contributed by atoms with Gasteiger partial charge in [-0.05, 0) is 80.8 Å². The van der Waals surface area contributed by atoms with E-state index in [1.165, 1.54) is 6.07 Å². The first kappa shape index (κ1) is 35.9. The number of Topliss-reactive ketones (excluding diaryl/α,β-unsaturated/α-hetero) is 1. The molecule has 0 unspecified atom stereocenters. The minimum atomic E-state index is -0.919. The highest BCUT2D eigenvalue weighted by atomic mass is 19.1. The molecule has 0 aliphatic carbocycles. The van der Waals surface area contributed by atoms with E-state index >= 15 is 4.39 Å². The Balaban J connectivity index is 1.10. The van der Waals surface area contributed by atoms with E-state index in [0.717, 1.165) is 24.1 Å². The highest BCUT2D eigenvalue weighted by Crippen LogP contribution is 2.34. The van der Waals surface area contributed by atoms with Crippen LogP contribution in [0.5, 0.6) is 5.75 Å². The molecule has 1 atom stereocenters. The Morgan fingerprint density at radius 1 is 1.21 bits per heavy atom. The molecule has 0 radical (unpaired) electrons. The smallest absolute Gasteiger partial charge is 0.321 e. The second-order valence-electron chi connectivity index (χ2n) is 13.0. The summed E-state index contributed by atoms with van der Waals surface area (Å²) >= 11 is 0. The fourth-order valence-electron chi connectivity index (χ4n) is 6.93. The fraction of sp³-hybridized carbons (Fsp3) is 0.333. The van der Waals surface area contributed by atoms with Gasteiger partial charge >= 0.3 is 5.97 Å². The van der Waals surface area contributed by atoms with Crippen LogP contribution in [0.15, 0.2) is 73.2 Å². The van der Waals surface area contributed by atoms with Crippen LogP contribution < -0.4 is 15.4 Å². The van der Waals surface area contributed by atoms with Crippen LogP contribution in [0.25, 0.3) is 16.9 Å². The van der Waals surface area contributed by atoms with E-state index in [0.29, 0.717) is 71.9 Å². The number of imidazole rings is 1. The van der Waals surface area contributed by atoms with E-state index in [9.17, 15) is 19.5 Å². The fourth-order valence-corrected chi connectivity index (χ4v) is 6.93. The number of aromatic nitrogens is 3. The summed E-state index contributed by atoms with van der Waals surface area (Å²) in [5.74, 6) is -0.834. The van der Waals surface area contributed by atoms with Crippen LogP contribution in [0.2, 0.25) is 0 Å². The van der Waals surface area contributed by atoms with Gasteiger partial charge in [0.25, 0.3) is 0 Å². The summed E-state index contributed by atoms with van der Waals surface area (Å²) in [5, 5.41) is 24.4. The first-order valence-electron chi connectivity index (χ1n) is 17.3. The molecule has 0 spiro atoms. The number of carbonyl (C=O) groups excluding carboxylic acids is 2. The number of hydrogen-bond acceptors (Lipinski definition) is 9. The van der Waals surface area contributed by atoms with Gasteiger partial charge in [0, 0.05) is 66.4 Å². The van der Waals surface area contributed by atoms with Crippen LogP contribution in [-0.2, 0) is 16.0 Å². The Labute approximate surface area is 300 Å². The molecule has 4 aromatic rings. The van der Waals surface area contributed by atoms with Crippen LogP contribution in [0.3, 0.4) is 0 Å². The van der Waals surface area contributed by atoms with E-state index in [-0.39, 0.29) is 42.8 Å². The summed E-state index contributed by atoms with van der Waals surface area (Å²) < 4.78 is 22.5. The number of nitriles is 1. The zero-order valence-electron chi connectivity index (χ0n) is 28.9. The molecule has 1 saturated heterocycles. The molecule has 0 bridgehead atoms. The maximum absolute atomic E-state index is 15.4. The quantitative estimate of drug-likeness (QED) is 0.122. The van der Waals surface area contributed by atoms with Gasteiger partial charge in [-0.1, -0.05) is 12.2 Å². The number of nitrogens with one attached hydrogen (secondary N) is 2. The number of carboxylic acid groups (broad SMARTS) is 1. The Hall–Kier alpha value is -5.87. The zero-order valence-corrected chi connectivity index (χ0v) is 28.9. The van der Waals surface area contributed by atoms with Crippen molar-refractivity contribution in [2.75, 3.05) is 31.6 Å². The third-order valence-corrected chi connectivity index (χ3v) is 9.68. The number of benzene rings is 2. The van der Waals surface area contributed by atoms with Crippen molar-refractivity contribution in [1.29, 1.82) is 5.26 Å². The number of amides is 1. The normalized spacial score (nSPS) is 16.4. The van der Waals surface area contributed by atoms with Crippen LogP contribution >= 0.6 is 0 Å². The Morgan fingerprint density at radius 3 is 2.75 bits per heavy atom. The predicted octanol–water partition coefficient (Wildman–Crippen LogP) is 5.79. The number of fused-ring (bicyclic) bond motifs is 1. The van der Waals surface area contributed by atoms with Gasteiger partial charge in [-0.25, -0.2) is 14.4 Å². The number of piperidine rings is 1. The molecule has 52 heavy (non-hydrogen) atoms. The molecule has 2 aromatic carbocycles. The summed E-state index contributed by atoms with van der Waals surface area (Å²) in [5.41, 5.74) is 4.97. The van der Waals surface area contributed by atoms with Gasteiger partial charge in [0.1, 0.15) is 12.1 Å². The zero-order chi connectivity index (χ0) is 36.8. The molecule has 0 saturated carbocycles. The highest BCUT2D eigenvalue weighted by molar-refractivity contribution is 5.98. The number of nitrogens with zero attached hydrogens (tertiary/aromatic N) is 5. The van der Waals surface area contributed by atoms with Crippen molar-refractivity contribution >= 4 is 34.8 Å². The van der Waals surface area contributed by atoms with Gasteiger partial charge in [0.15, 0.2) is 35.4 Å². The Morgan fingerprint density at radius 2 is 2.02 bits per heavy atom. The average Bonchev–Trinajstić information content (AvgIpc) is 3.41. The molecule has 2 aromatic heterocycles. The van der Waals surface area contributed by atoms with Gasteiger partial charge in [-0.2, -0.15) is 5.26 Å². The Bertz CT molecular complexity index is 2090. The van der Waals surface area contributed by atoms with Gasteiger partial charge in [0.2, 0.25) is 5.91 Å². The van der Waals surface area contributed by atoms with Crippen molar-refractivity contribution in [2.24, 2.45) is 5.92 Å². The first-order valence-corrected chi connectivity index (χ1v) is 17.3. The minimum absolute atomic E-state index is 0.00426. The standard InChI is InChI=1S/C39H40FN7O5/c1-3-4-30-29(8-10-34(35(30)40)52-20-14-41)32-23-44-37-36(43-16-19-47(32)37)45-27-6-7-28(24(2)21-27)33(48)22-25-12-17-46(18-13-25)38(49)26-5-9-31(39(50)51)42-15-11-26/h3,5-8,10,16,19,21,23,25,31,42H,1,4,9,11-13,15,17-18,20,22H2,2H3,(H,43,45)(H,50,51)/t31-/m1/s1. The molecule has 12 nitrogen and oxygen atoms in total. The van der Waals surface area contributed by atoms with E-state index < -0.39 is 17.8 Å². The molecule has 2 aliphatic rings. The number of carbonyl (C=O) groups is 3. The number of carboxylic acids is 1. The lowest BCUT2D eigenvalue weighted by Gasteiger charge is -2.32. The molecular formula is C39H40FN7O5. The number of ether oxygens (including phenoxy) is 1. The number of aliphatic carboxylic acids is 1. The third-order valence-electron chi connectivity index (χ3n) is 9.68. The summed E-state index contributed by atoms with van der Waals surface area (Å²) in [7, 11) is 0. The second kappa shape index (κ2) is 16.0. The van der Waals surface area contributed by atoms with Crippen molar-refractivity contribution in [3.05, 3.63) is 95.7 Å². The first-order chi connectivity index (χ1) is 25.2. The predicted molar refractivity (Wildman–Crippen MR) is 193 cm³/mol. The number of ketones is 1. The van der Waals surface area contributed by atoms with Gasteiger partial charge in [-0.3, -0.25) is 18.8 Å². The highest BCUT2D eigenvalue weighted by Gasteiger charge is 2.28. The monoisotopic (exact) mass is 705 g/mol. The maximum atomic E-state index is 15.4. The molecular weight excluding hydrogens is 665 g/mol. The third kappa shape index (κ3) is 7.72. The maximum Gasteiger partial charge on any atom is 0.321 e. The van der Waals surface area contributed by atoms with E-state index in [1.54, 1.807) is 36.8 Å². The van der Waals surface area contributed by atoms with Gasteiger partial charge < -0.3 is 25.4 Å². The number of halogens is 1. The van der Waals surface area contributed by atoms with Crippen LogP contribution in [0, 0.1) is 30.0 Å². The number of aryl methyl sites for hydroxylation is 1.